The number of halogens is 5. The van der Waals surface area contributed by atoms with Gasteiger partial charge in [0.1, 0.15) is 11.6 Å². The van der Waals surface area contributed by atoms with Gasteiger partial charge in [0.15, 0.2) is 6.23 Å². The van der Waals surface area contributed by atoms with Crippen molar-refractivity contribution >= 4 is 17.6 Å². The van der Waals surface area contributed by atoms with Gasteiger partial charge in [0.25, 0.3) is 6.43 Å². The number of hydrogen-bond acceptors (Lipinski definition) is 8. The van der Waals surface area contributed by atoms with Crippen LogP contribution in [0.3, 0.4) is 0 Å². The van der Waals surface area contributed by atoms with Gasteiger partial charge in [-0.25, -0.2) is 18.7 Å². The molecule has 176 valence electrons. The van der Waals surface area contributed by atoms with E-state index in [2.05, 4.69) is 26.3 Å². The van der Waals surface area contributed by atoms with Crippen molar-refractivity contribution in [3.05, 3.63) is 35.7 Å². The standard InChI is InChI=1S/C20H20F5N7O/c21-17(22)18(33)31-4-2-12(10-31)14-6-16(30-19(28-14)32-8-11(7-26)9-32)29-15-5-13(1-3-27-15)20(23,24)25/h1,3,5-6,11-12,17-18,33H,2,4,8-10H2,(H,27,28,29,30). The zero-order valence-electron chi connectivity index (χ0n) is 17.2. The molecule has 0 bridgehead atoms. The second-order valence-electron chi connectivity index (χ2n) is 7.99. The summed E-state index contributed by atoms with van der Waals surface area (Å²) in [5.41, 5.74) is -0.375. The summed E-state index contributed by atoms with van der Waals surface area (Å²) in [5, 5.41) is 21.5. The van der Waals surface area contributed by atoms with Crippen molar-refractivity contribution in [3.63, 3.8) is 0 Å². The van der Waals surface area contributed by atoms with Crippen LogP contribution >= 0.6 is 0 Å². The van der Waals surface area contributed by atoms with Crippen LogP contribution in [0.25, 0.3) is 0 Å². The van der Waals surface area contributed by atoms with E-state index in [-0.39, 0.29) is 42.5 Å². The van der Waals surface area contributed by atoms with Gasteiger partial charge in [0, 0.05) is 44.4 Å². The Bertz CT molecular complexity index is 1040. The molecule has 2 fully saturated rings. The maximum atomic E-state index is 13.0. The van der Waals surface area contributed by atoms with Crippen LogP contribution in [-0.4, -0.2) is 63.8 Å². The Morgan fingerprint density at radius 1 is 1.15 bits per heavy atom. The number of nitrogens with one attached hydrogen (secondary N) is 1. The van der Waals surface area contributed by atoms with Crippen LogP contribution < -0.4 is 10.2 Å². The third-order valence-corrected chi connectivity index (χ3v) is 5.66. The average Bonchev–Trinajstić information content (AvgIpc) is 3.22. The molecule has 8 nitrogen and oxygen atoms in total. The van der Waals surface area contributed by atoms with E-state index < -0.39 is 24.4 Å². The summed E-state index contributed by atoms with van der Waals surface area (Å²) in [6.45, 7) is 1.20. The molecule has 2 aliphatic rings. The van der Waals surface area contributed by atoms with Crippen LogP contribution in [0.15, 0.2) is 24.4 Å². The molecule has 33 heavy (non-hydrogen) atoms. The molecule has 0 aliphatic carbocycles. The predicted molar refractivity (Wildman–Crippen MR) is 107 cm³/mol. The van der Waals surface area contributed by atoms with Crippen molar-refractivity contribution in [2.45, 2.75) is 31.2 Å². The second-order valence-corrected chi connectivity index (χ2v) is 7.99. The number of alkyl halides is 5. The molecule has 13 heteroatoms. The Kier molecular flexibility index (Phi) is 6.31. The number of likely N-dealkylation sites (tertiary alicyclic amines) is 1. The first-order chi connectivity index (χ1) is 15.6. The molecule has 0 spiro atoms. The number of anilines is 3. The van der Waals surface area contributed by atoms with Crippen molar-refractivity contribution in [2.75, 3.05) is 36.4 Å². The van der Waals surface area contributed by atoms with Crippen molar-refractivity contribution in [2.24, 2.45) is 5.92 Å². The number of nitrogens with zero attached hydrogens (tertiary/aromatic N) is 6. The van der Waals surface area contributed by atoms with Crippen LogP contribution in [0.4, 0.5) is 39.5 Å². The molecule has 4 rings (SSSR count). The fourth-order valence-electron chi connectivity index (χ4n) is 3.83. The molecule has 0 radical (unpaired) electrons. The SMILES string of the molecule is N#CC1CN(c2nc(Nc3cc(C(F)(F)F)ccn3)cc(C3CCN(C(O)C(F)F)C3)n2)C1. The number of aliphatic hydroxyl groups is 1. The number of aromatic nitrogens is 3. The predicted octanol–water partition coefficient (Wildman–Crippen LogP) is 2.97. The van der Waals surface area contributed by atoms with Gasteiger partial charge in [-0.3, -0.25) is 4.90 Å². The first-order valence-electron chi connectivity index (χ1n) is 10.2. The van der Waals surface area contributed by atoms with Crippen LogP contribution in [0.5, 0.6) is 0 Å². The molecule has 0 aromatic carbocycles. The van der Waals surface area contributed by atoms with Gasteiger partial charge in [0.2, 0.25) is 5.95 Å². The molecule has 2 unspecified atom stereocenters. The Balaban J connectivity index is 1.60. The molecular weight excluding hydrogens is 449 g/mol. The minimum atomic E-state index is -4.54. The Labute approximate surface area is 185 Å². The maximum absolute atomic E-state index is 13.0. The third-order valence-electron chi connectivity index (χ3n) is 5.66. The Morgan fingerprint density at radius 2 is 1.91 bits per heavy atom. The second kappa shape index (κ2) is 9.03. The molecule has 0 saturated carbocycles. The van der Waals surface area contributed by atoms with Gasteiger partial charge in [-0.05, 0) is 18.6 Å². The van der Waals surface area contributed by atoms with E-state index in [1.807, 2.05) is 0 Å². The molecule has 2 aromatic rings. The lowest BCUT2D eigenvalue weighted by Crippen LogP contribution is -2.47. The summed E-state index contributed by atoms with van der Waals surface area (Å²) in [6.07, 6.45) is -7.83. The van der Waals surface area contributed by atoms with Gasteiger partial charge in [-0.2, -0.15) is 23.4 Å². The first kappa shape index (κ1) is 23.1. The van der Waals surface area contributed by atoms with Gasteiger partial charge < -0.3 is 15.3 Å². The van der Waals surface area contributed by atoms with Crippen LogP contribution in [-0.2, 0) is 6.18 Å². The lowest BCUT2D eigenvalue weighted by Gasteiger charge is -2.35. The molecule has 2 atom stereocenters. The van der Waals surface area contributed by atoms with E-state index in [4.69, 9.17) is 5.26 Å². The zero-order valence-corrected chi connectivity index (χ0v) is 17.2. The summed E-state index contributed by atoms with van der Waals surface area (Å²) >= 11 is 0. The highest BCUT2D eigenvalue weighted by Crippen LogP contribution is 2.33. The third kappa shape index (κ3) is 5.12. The zero-order chi connectivity index (χ0) is 23.8. The fraction of sp³-hybridized carbons (Fsp3) is 0.500. The normalized spacial score (nSPS) is 20.5. The summed E-state index contributed by atoms with van der Waals surface area (Å²) in [7, 11) is 0. The van der Waals surface area contributed by atoms with Gasteiger partial charge in [-0.1, -0.05) is 0 Å². The Hall–Kier alpha value is -3.11. The summed E-state index contributed by atoms with van der Waals surface area (Å²) in [6, 6.07) is 5.38. The molecule has 2 aliphatic heterocycles. The minimum Gasteiger partial charge on any atom is -0.372 e. The minimum absolute atomic E-state index is 0.0693. The number of aliphatic hydroxyl groups excluding tert-OH is 1. The molecule has 0 amide bonds. The van der Waals surface area contributed by atoms with E-state index in [1.54, 1.807) is 4.90 Å². The van der Waals surface area contributed by atoms with Crippen LogP contribution in [0.2, 0.25) is 0 Å². The molecule has 2 N–H and O–H groups in total. The lowest BCUT2D eigenvalue weighted by atomic mass is 10.0. The highest BCUT2D eigenvalue weighted by molar-refractivity contribution is 5.56. The quantitative estimate of drug-likeness (QED) is 0.623. The van der Waals surface area contributed by atoms with Crippen molar-refractivity contribution < 1.29 is 27.1 Å². The highest BCUT2D eigenvalue weighted by atomic mass is 19.4. The van der Waals surface area contributed by atoms with Crippen molar-refractivity contribution in [3.8, 4) is 6.07 Å². The maximum Gasteiger partial charge on any atom is 0.416 e. The summed E-state index contributed by atoms with van der Waals surface area (Å²) < 4.78 is 64.9. The van der Waals surface area contributed by atoms with Gasteiger partial charge >= 0.3 is 6.18 Å². The van der Waals surface area contributed by atoms with E-state index in [1.165, 1.54) is 11.0 Å². The first-order valence-corrected chi connectivity index (χ1v) is 10.2. The monoisotopic (exact) mass is 469 g/mol. The van der Waals surface area contributed by atoms with E-state index >= 15 is 0 Å². The van der Waals surface area contributed by atoms with Gasteiger partial charge in [0.05, 0.1) is 23.2 Å². The number of pyridine rings is 1. The Morgan fingerprint density at radius 3 is 2.58 bits per heavy atom. The smallest absolute Gasteiger partial charge is 0.372 e. The van der Waals surface area contributed by atoms with Crippen molar-refractivity contribution in [1.29, 1.82) is 5.26 Å². The number of hydrogen-bond donors (Lipinski definition) is 2. The lowest BCUT2D eigenvalue weighted by molar-refractivity contribution is -0.137. The molecular formula is C20H20F5N7O. The topological polar surface area (TPSA) is 101 Å². The van der Waals surface area contributed by atoms with Crippen molar-refractivity contribution in [1.82, 2.24) is 19.9 Å². The van der Waals surface area contributed by atoms with E-state index in [0.717, 1.165) is 18.3 Å². The van der Waals surface area contributed by atoms with E-state index in [0.29, 0.717) is 25.2 Å². The van der Waals surface area contributed by atoms with E-state index in [9.17, 15) is 27.1 Å². The van der Waals surface area contributed by atoms with Gasteiger partial charge in [-0.15, -0.1) is 0 Å². The van der Waals surface area contributed by atoms with Crippen LogP contribution in [0.1, 0.15) is 23.6 Å². The fourth-order valence-corrected chi connectivity index (χ4v) is 3.83. The number of rotatable bonds is 6. The van der Waals surface area contributed by atoms with Crippen LogP contribution in [0, 0.1) is 17.2 Å². The highest BCUT2D eigenvalue weighted by Gasteiger charge is 2.35. The molecule has 2 saturated heterocycles. The average molecular weight is 469 g/mol. The largest absolute Gasteiger partial charge is 0.416 e. The molecule has 2 aromatic heterocycles. The number of nitriles is 1. The summed E-state index contributed by atoms with van der Waals surface area (Å²) in [4.78, 5) is 15.8. The summed E-state index contributed by atoms with van der Waals surface area (Å²) in [5.74, 6) is -0.0679. The molecule has 4 heterocycles.